The number of hydrogen-bond acceptors (Lipinski definition) is 5. The largest absolute Gasteiger partial charge is 0.342 e. The first-order valence-corrected chi connectivity index (χ1v) is 13.2. The minimum atomic E-state index is -0.276. The van der Waals surface area contributed by atoms with Gasteiger partial charge < -0.3 is 9.47 Å². The Kier molecular flexibility index (Phi) is 6.03. The highest BCUT2D eigenvalue weighted by Crippen LogP contribution is 2.31. The first-order valence-electron chi connectivity index (χ1n) is 13.2. The van der Waals surface area contributed by atoms with Crippen LogP contribution in [0.25, 0.3) is 10.8 Å². The van der Waals surface area contributed by atoms with Crippen LogP contribution in [0.15, 0.2) is 36.4 Å². The third kappa shape index (κ3) is 3.98. The molecule has 3 amide bonds. The van der Waals surface area contributed by atoms with Gasteiger partial charge in [-0.2, -0.15) is 0 Å². The van der Waals surface area contributed by atoms with Crippen LogP contribution in [0.2, 0.25) is 0 Å². The Labute approximate surface area is 210 Å². The molecular formula is C28H31N5O3. The Morgan fingerprint density at radius 1 is 0.917 bits per heavy atom. The van der Waals surface area contributed by atoms with Crippen molar-refractivity contribution >= 4 is 28.5 Å². The third-order valence-corrected chi connectivity index (χ3v) is 7.91. The van der Waals surface area contributed by atoms with E-state index >= 15 is 0 Å². The number of carbonyl (C=O) groups excluding carboxylic acids is 3. The van der Waals surface area contributed by atoms with Crippen LogP contribution >= 0.6 is 0 Å². The SMILES string of the molecule is O=C(CCCN1C(=O)c2cccc3cccc(c23)C1=O)N1CCC[C@@H](c2nnc3n2CCCCC3)C1. The maximum absolute atomic E-state index is 13.1. The second-order valence-electron chi connectivity index (χ2n) is 10.2. The van der Waals surface area contributed by atoms with E-state index < -0.39 is 0 Å². The van der Waals surface area contributed by atoms with Crippen molar-refractivity contribution in [3.63, 3.8) is 0 Å². The summed E-state index contributed by atoms with van der Waals surface area (Å²) in [6.45, 7) is 2.61. The summed E-state index contributed by atoms with van der Waals surface area (Å²) < 4.78 is 2.29. The first-order chi connectivity index (χ1) is 17.6. The molecule has 8 nitrogen and oxygen atoms in total. The van der Waals surface area contributed by atoms with Crippen molar-refractivity contribution in [2.45, 2.75) is 63.8 Å². The Bertz CT molecular complexity index is 1300. The lowest BCUT2D eigenvalue weighted by molar-refractivity contribution is -0.132. The smallest absolute Gasteiger partial charge is 0.261 e. The van der Waals surface area contributed by atoms with Crippen molar-refractivity contribution in [2.75, 3.05) is 19.6 Å². The summed E-state index contributed by atoms with van der Waals surface area (Å²) in [5.41, 5.74) is 1.11. The molecule has 0 unspecified atom stereocenters. The molecule has 186 valence electrons. The minimum Gasteiger partial charge on any atom is -0.342 e. The summed E-state index contributed by atoms with van der Waals surface area (Å²) >= 11 is 0. The first kappa shape index (κ1) is 22.9. The number of piperidine rings is 1. The molecule has 3 aliphatic heterocycles. The highest BCUT2D eigenvalue weighted by molar-refractivity contribution is 6.25. The number of rotatable bonds is 5. The molecule has 0 spiro atoms. The van der Waals surface area contributed by atoms with Gasteiger partial charge in [0.05, 0.1) is 0 Å². The van der Waals surface area contributed by atoms with Crippen LogP contribution in [0, 0.1) is 0 Å². The van der Waals surface area contributed by atoms with Gasteiger partial charge in [-0.25, -0.2) is 0 Å². The Hall–Kier alpha value is -3.55. The number of likely N-dealkylation sites (tertiary alicyclic amines) is 1. The molecule has 0 radical (unpaired) electrons. The number of benzene rings is 2. The fraction of sp³-hybridized carbons (Fsp3) is 0.464. The Balaban J connectivity index is 1.09. The molecule has 0 bridgehead atoms. The number of nitrogens with zero attached hydrogens (tertiary/aromatic N) is 5. The Morgan fingerprint density at radius 3 is 2.47 bits per heavy atom. The molecule has 3 aliphatic rings. The van der Waals surface area contributed by atoms with Crippen LogP contribution in [-0.4, -0.2) is 61.9 Å². The zero-order valence-corrected chi connectivity index (χ0v) is 20.5. The van der Waals surface area contributed by atoms with E-state index in [-0.39, 0.29) is 30.2 Å². The lowest BCUT2D eigenvalue weighted by Gasteiger charge is -2.33. The lowest BCUT2D eigenvalue weighted by Crippen LogP contribution is -2.42. The summed E-state index contributed by atoms with van der Waals surface area (Å²) in [5, 5.41) is 10.6. The number of imide groups is 1. The van der Waals surface area contributed by atoms with Gasteiger partial charge in [-0.15, -0.1) is 10.2 Å². The van der Waals surface area contributed by atoms with E-state index in [1.54, 1.807) is 12.1 Å². The molecule has 0 aliphatic carbocycles. The molecule has 2 aromatic carbocycles. The zero-order valence-electron chi connectivity index (χ0n) is 20.5. The predicted molar refractivity (Wildman–Crippen MR) is 135 cm³/mol. The maximum Gasteiger partial charge on any atom is 0.261 e. The number of carbonyl (C=O) groups is 3. The van der Waals surface area contributed by atoms with Crippen LogP contribution in [0.3, 0.4) is 0 Å². The van der Waals surface area contributed by atoms with Crippen LogP contribution in [-0.2, 0) is 17.8 Å². The quantitative estimate of drug-likeness (QED) is 0.511. The van der Waals surface area contributed by atoms with Crippen molar-refractivity contribution in [3.05, 3.63) is 59.2 Å². The summed E-state index contributed by atoms with van der Waals surface area (Å²) in [7, 11) is 0. The average Bonchev–Trinajstić information content (AvgIpc) is 3.17. The number of aromatic nitrogens is 3. The molecule has 8 heteroatoms. The van der Waals surface area contributed by atoms with Crippen molar-refractivity contribution in [1.82, 2.24) is 24.6 Å². The standard InChI is InChI=1S/C28H31N5O3/c34-24(31-15-6-10-20(18-31)26-30-29-23-13-2-1-3-16-32(23)26)14-7-17-33-27(35)21-11-4-8-19-9-5-12-22(25(19)21)28(33)36/h4-5,8-9,11-12,20H,1-3,6-7,10,13-18H2/t20-/m1/s1. The van der Waals surface area contributed by atoms with Crippen LogP contribution in [0.1, 0.15) is 83.2 Å². The predicted octanol–water partition coefficient (Wildman–Crippen LogP) is 3.94. The molecule has 4 heterocycles. The lowest BCUT2D eigenvalue weighted by atomic mass is 9.94. The van der Waals surface area contributed by atoms with Crippen LogP contribution in [0.5, 0.6) is 0 Å². The molecule has 1 saturated heterocycles. The van der Waals surface area contributed by atoms with Gasteiger partial charge in [0.25, 0.3) is 11.8 Å². The van der Waals surface area contributed by atoms with Crippen molar-refractivity contribution in [1.29, 1.82) is 0 Å². The number of hydrogen-bond donors (Lipinski definition) is 0. The fourth-order valence-corrected chi connectivity index (χ4v) is 6.05. The second-order valence-corrected chi connectivity index (χ2v) is 10.2. The number of amides is 3. The molecule has 6 rings (SSSR count). The van der Waals surface area contributed by atoms with Gasteiger partial charge in [-0.3, -0.25) is 19.3 Å². The summed E-state index contributed by atoms with van der Waals surface area (Å²) in [6.07, 6.45) is 7.25. The van der Waals surface area contributed by atoms with Gasteiger partial charge >= 0.3 is 0 Å². The van der Waals surface area contributed by atoms with Crippen LogP contribution < -0.4 is 0 Å². The molecule has 0 N–H and O–H groups in total. The zero-order chi connectivity index (χ0) is 24.6. The average molecular weight is 486 g/mol. The number of fused-ring (bicyclic) bond motifs is 1. The van der Waals surface area contributed by atoms with Crippen molar-refractivity contribution < 1.29 is 14.4 Å². The summed E-state index contributed by atoms with van der Waals surface area (Å²) in [5.74, 6) is 1.85. The van der Waals surface area contributed by atoms with Gasteiger partial charge in [0, 0.05) is 61.5 Å². The minimum absolute atomic E-state index is 0.0784. The topological polar surface area (TPSA) is 88.4 Å². The molecule has 0 saturated carbocycles. The van der Waals surface area contributed by atoms with E-state index in [0.717, 1.165) is 67.6 Å². The molecule has 36 heavy (non-hydrogen) atoms. The van der Waals surface area contributed by atoms with Crippen molar-refractivity contribution in [3.8, 4) is 0 Å². The van der Waals surface area contributed by atoms with E-state index in [4.69, 9.17) is 0 Å². The number of aryl methyl sites for hydroxylation is 1. The summed E-state index contributed by atoms with van der Waals surface area (Å²) in [4.78, 5) is 42.5. The van der Waals surface area contributed by atoms with E-state index in [0.29, 0.717) is 30.5 Å². The van der Waals surface area contributed by atoms with E-state index in [1.807, 2.05) is 29.2 Å². The fourth-order valence-electron chi connectivity index (χ4n) is 6.05. The normalized spacial score (nSPS) is 19.9. The molecule has 3 aromatic rings. The van der Waals surface area contributed by atoms with E-state index in [2.05, 4.69) is 14.8 Å². The van der Waals surface area contributed by atoms with Gasteiger partial charge in [0.2, 0.25) is 5.91 Å². The van der Waals surface area contributed by atoms with E-state index in [9.17, 15) is 14.4 Å². The van der Waals surface area contributed by atoms with Crippen LogP contribution in [0.4, 0.5) is 0 Å². The van der Waals surface area contributed by atoms with Crippen molar-refractivity contribution in [2.24, 2.45) is 0 Å². The molecule has 1 aromatic heterocycles. The van der Waals surface area contributed by atoms with Gasteiger partial charge in [0.15, 0.2) is 0 Å². The van der Waals surface area contributed by atoms with Gasteiger partial charge in [0.1, 0.15) is 11.6 Å². The third-order valence-electron chi connectivity index (χ3n) is 7.91. The highest BCUT2D eigenvalue weighted by Gasteiger charge is 2.33. The van der Waals surface area contributed by atoms with Gasteiger partial charge in [-0.05, 0) is 49.6 Å². The Morgan fingerprint density at radius 2 is 1.69 bits per heavy atom. The highest BCUT2D eigenvalue weighted by atomic mass is 16.2. The monoisotopic (exact) mass is 485 g/mol. The second kappa shape index (κ2) is 9.48. The molecular weight excluding hydrogens is 454 g/mol. The van der Waals surface area contributed by atoms with E-state index in [1.165, 1.54) is 11.3 Å². The molecule has 1 fully saturated rings. The molecule has 1 atom stereocenters. The summed E-state index contributed by atoms with van der Waals surface area (Å²) in [6, 6.07) is 11.1. The van der Waals surface area contributed by atoms with Gasteiger partial charge in [-0.1, -0.05) is 30.7 Å². The maximum atomic E-state index is 13.1.